The number of carbonyl (C=O) groups excluding carboxylic acids is 1. The third-order valence-corrected chi connectivity index (χ3v) is 3.50. The van der Waals surface area contributed by atoms with Crippen LogP contribution in [0.4, 0.5) is 0 Å². The highest BCUT2D eigenvalue weighted by molar-refractivity contribution is 9.10. The molecule has 0 heterocycles. The van der Waals surface area contributed by atoms with Crippen molar-refractivity contribution in [1.29, 1.82) is 5.26 Å². The first kappa shape index (κ1) is 20.6. The largest absolute Gasteiger partial charge is 0.493 e. The average molecular weight is 407 g/mol. The summed E-state index contributed by atoms with van der Waals surface area (Å²) in [5.41, 5.74) is 0.452. The number of carbonyl (C=O) groups is 1. The molecular weight excluding hydrogens is 388 g/mol. The molecule has 0 radical (unpaired) electrons. The lowest BCUT2D eigenvalue weighted by atomic mass is 10.1. The van der Waals surface area contributed by atoms with Crippen molar-refractivity contribution in [2.75, 3.05) is 34.0 Å². The van der Waals surface area contributed by atoms with E-state index in [0.717, 1.165) is 0 Å². The number of terminal acetylenes is 1. The summed E-state index contributed by atoms with van der Waals surface area (Å²) in [6.07, 6.45) is 7.33. The quantitative estimate of drug-likeness (QED) is 0.295. The highest BCUT2D eigenvalue weighted by Gasteiger charge is 2.15. The van der Waals surface area contributed by atoms with E-state index in [4.69, 9.17) is 20.6 Å². The number of benzene rings is 1. The van der Waals surface area contributed by atoms with Gasteiger partial charge in [-0.05, 0) is 24.6 Å². The summed E-state index contributed by atoms with van der Waals surface area (Å²) in [7, 11) is 3.08. The Morgan fingerprint density at radius 1 is 1.44 bits per heavy atom. The summed E-state index contributed by atoms with van der Waals surface area (Å²) in [6, 6.07) is 5.32. The second-order valence-corrected chi connectivity index (χ2v) is 5.71. The minimum Gasteiger partial charge on any atom is -0.493 e. The van der Waals surface area contributed by atoms with Gasteiger partial charge in [-0.25, -0.2) is 0 Å². The first-order chi connectivity index (χ1) is 12.1. The van der Waals surface area contributed by atoms with E-state index >= 15 is 0 Å². The van der Waals surface area contributed by atoms with Gasteiger partial charge in [0.2, 0.25) is 0 Å². The number of hydrogen-bond donors (Lipinski definition) is 1. The Kier molecular flexibility index (Phi) is 9.16. The Hall–Kier alpha value is -2.48. The number of amides is 1. The summed E-state index contributed by atoms with van der Waals surface area (Å²) < 4.78 is 16.4. The van der Waals surface area contributed by atoms with Crippen molar-refractivity contribution < 1.29 is 19.0 Å². The summed E-state index contributed by atoms with van der Waals surface area (Å²) in [5, 5.41) is 12.0. The Morgan fingerprint density at radius 3 is 2.80 bits per heavy atom. The maximum absolute atomic E-state index is 12.1. The standard InChI is InChI=1S/C18H19BrN2O4/c1-4-7-25-17-13(10-15(19)11-16(17)24-3)9-14(12-20)18(22)21-6-5-8-23-2/h1,9-11H,5-8H2,2-3H3,(H,21,22)/b14-9+. The molecule has 0 aliphatic heterocycles. The Balaban J connectivity index is 3.12. The van der Waals surface area contributed by atoms with Gasteiger partial charge in [-0.1, -0.05) is 21.9 Å². The minimum atomic E-state index is -0.472. The van der Waals surface area contributed by atoms with Gasteiger partial charge in [0.25, 0.3) is 5.91 Å². The van der Waals surface area contributed by atoms with Gasteiger partial charge in [-0.15, -0.1) is 6.42 Å². The number of methoxy groups -OCH3 is 2. The van der Waals surface area contributed by atoms with Crippen molar-refractivity contribution in [3.05, 3.63) is 27.7 Å². The van der Waals surface area contributed by atoms with Crippen LogP contribution in [0.2, 0.25) is 0 Å². The fourth-order valence-corrected chi connectivity index (χ4v) is 2.39. The van der Waals surface area contributed by atoms with Crippen LogP contribution in [0.15, 0.2) is 22.2 Å². The molecular formula is C18H19BrN2O4. The van der Waals surface area contributed by atoms with Gasteiger partial charge in [0.1, 0.15) is 18.2 Å². The molecule has 0 aliphatic carbocycles. The zero-order valence-corrected chi connectivity index (χ0v) is 15.7. The van der Waals surface area contributed by atoms with Crippen LogP contribution in [0.1, 0.15) is 12.0 Å². The number of nitriles is 1. The van der Waals surface area contributed by atoms with E-state index in [2.05, 4.69) is 27.2 Å². The first-order valence-electron chi connectivity index (χ1n) is 7.40. The van der Waals surface area contributed by atoms with Crippen LogP contribution in [-0.2, 0) is 9.53 Å². The molecule has 1 aromatic rings. The molecule has 0 spiro atoms. The monoisotopic (exact) mass is 406 g/mol. The summed E-state index contributed by atoms with van der Waals surface area (Å²) in [5.74, 6) is 2.70. The number of nitrogens with zero attached hydrogens (tertiary/aromatic N) is 1. The van der Waals surface area contributed by atoms with Crippen molar-refractivity contribution >= 4 is 27.9 Å². The zero-order valence-electron chi connectivity index (χ0n) is 14.1. The van der Waals surface area contributed by atoms with Gasteiger partial charge in [-0.3, -0.25) is 4.79 Å². The number of nitrogens with one attached hydrogen (secondary N) is 1. The molecule has 25 heavy (non-hydrogen) atoms. The van der Waals surface area contributed by atoms with Crippen LogP contribution < -0.4 is 14.8 Å². The fraction of sp³-hybridized carbons (Fsp3) is 0.333. The lowest BCUT2D eigenvalue weighted by Gasteiger charge is -2.13. The van der Waals surface area contributed by atoms with Gasteiger partial charge in [0, 0.05) is 30.3 Å². The van der Waals surface area contributed by atoms with Crippen LogP contribution >= 0.6 is 15.9 Å². The number of rotatable bonds is 9. The van der Waals surface area contributed by atoms with E-state index in [1.54, 1.807) is 19.2 Å². The Bertz CT molecular complexity index is 717. The minimum absolute atomic E-state index is 0.0317. The second kappa shape index (κ2) is 11.1. The Labute approximate surface area is 155 Å². The molecule has 0 fully saturated rings. The van der Waals surface area contributed by atoms with Crippen molar-refractivity contribution in [1.82, 2.24) is 5.32 Å². The van der Waals surface area contributed by atoms with Gasteiger partial charge in [0.15, 0.2) is 11.5 Å². The van der Waals surface area contributed by atoms with Gasteiger partial charge in [-0.2, -0.15) is 5.26 Å². The van der Waals surface area contributed by atoms with Crippen molar-refractivity contribution in [2.24, 2.45) is 0 Å². The molecule has 0 aliphatic rings. The maximum Gasteiger partial charge on any atom is 0.261 e. The zero-order chi connectivity index (χ0) is 18.7. The van der Waals surface area contributed by atoms with Crippen LogP contribution in [0, 0.1) is 23.7 Å². The molecule has 1 amide bonds. The smallest absolute Gasteiger partial charge is 0.261 e. The van der Waals surface area contributed by atoms with Crippen molar-refractivity contribution in [3.8, 4) is 29.9 Å². The average Bonchev–Trinajstić information content (AvgIpc) is 2.61. The molecule has 7 heteroatoms. The summed E-state index contributed by atoms with van der Waals surface area (Å²) in [6.45, 7) is 0.969. The number of halogens is 1. The van der Waals surface area contributed by atoms with Crippen LogP contribution in [0.25, 0.3) is 6.08 Å². The maximum atomic E-state index is 12.1. The van der Waals surface area contributed by atoms with E-state index in [1.807, 2.05) is 6.07 Å². The molecule has 0 unspecified atom stereocenters. The second-order valence-electron chi connectivity index (χ2n) is 4.79. The van der Waals surface area contributed by atoms with Gasteiger partial charge < -0.3 is 19.5 Å². The predicted molar refractivity (Wildman–Crippen MR) is 98.1 cm³/mol. The Morgan fingerprint density at radius 2 is 2.20 bits per heavy atom. The van der Waals surface area contributed by atoms with Crippen LogP contribution in [0.5, 0.6) is 11.5 Å². The number of hydrogen-bond acceptors (Lipinski definition) is 5. The van der Waals surface area contributed by atoms with E-state index in [0.29, 0.717) is 41.1 Å². The molecule has 0 saturated heterocycles. The van der Waals surface area contributed by atoms with E-state index in [1.165, 1.54) is 13.2 Å². The lowest BCUT2D eigenvalue weighted by molar-refractivity contribution is -0.117. The topological polar surface area (TPSA) is 80.6 Å². The van der Waals surface area contributed by atoms with E-state index in [-0.39, 0.29) is 12.2 Å². The lowest BCUT2D eigenvalue weighted by Crippen LogP contribution is -2.26. The molecule has 1 aromatic carbocycles. The molecule has 132 valence electrons. The van der Waals surface area contributed by atoms with E-state index < -0.39 is 5.91 Å². The summed E-state index contributed by atoms with van der Waals surface area (Å²) in [4.78, 5) is 12.1. The molecule has 0 saturated carbocycles. The number of ether oxygens (including phenoxy) is 3. The molecule has 1 rings (SSSR count). The van der Waals surface area contributed by atoms with Crippen LogP contribution in [-0.4, -0.2) is 39.9 Å². The predicted octanol–water partition coefficient (Wildman–Crippen LogP) is 2.53. The third kappa shape index (κ3) is 6.50. The molecule has 0 bridgehead atoms. The highest BCUT2D eigenvalue weighted by atomic mass is 79.9. The highest BCUT2D eigenvalue weighted by Crippen LogP contribution is 2.36. The molecule has 6 nitrogen and oxygen atoms in total. The molecule has 0 atom stereocenters. The fourth-order valence-electron chi connectivity index (χ4n) is 1.93. The summed E-state index contributed by atoms with van der Waals surface area (Å²) >= 11 is 3.36. The van der Waals surface area contributed by atoms with Crippen molar-refractivity contribution in [3.63, 3.8) is 0 Å². The molecule has 0 aromatic heterocycles. The van der Waals surface area contributed by atoms with Crippen LogP contribution in [0.3, 0.4) is 0 Å². The van der Waals surface area contributed by atoms with Gasteiger partial charge >= 0.3 is 0 Å². The van der Waals surface area contributed by atoms with Crippen molar-refractivity contribution in [2.45, 2.75) is 6.42 Å². The van der Waals surface area contributed by atoms with E-state index in [9.17, 15) is 10.1 Å². The third-order valence-electron chi connectivity index (χ3n) is 3.04. The SMILES string of the molecule is C#CCOc1c(/C=C(\C#N)C(=O)NCCCOC)cc(Br)cc1OC. The molecule has 1 N–H and O–H groups in total. The normalized spacial score (nSPS) is 10.5. The van der Waals surface area contributed by atoms with Gasteiger partial charge in [0.05, 0.1) is 7.11 Å². The first-order valence-corrected chi connectivity index (χ1v) is 8.19.